The highest BCUT2D eigenvalue weighted by Crippen LogP contribution is 2.22. The van der Waals surface area contributed by atoms with Crippen molar-refractivity contribution in [3.8, 4) is 11.4 Å². The van der Waals surface area contributed by atoms with Crippen LogP contribution in [0.2, 0.25) is 0 Å². The largest absolute Gasteiger partial charge is 0.251 e. The van der Waals surface area contributed by atoms with Crippen LogP contribution in [-0.2, 0) is 6.42 Å². The number of aromatic nitrogens is 4. The van der Waals surface area contributed by atoms with Gasteiger partial charge in [-0.2, -0.15) is 5.10 Å². The molecule has 0 aromatic carbocycles. The van der Waals surface area contributed by atoms with E-state index in [1.807, 2.05) is 6.20 Å². The van der Waals surface area contributed by atoms with Crippen molar-refractivity contribution in [3.63, 3.8) is 0 Å². The van der Waals surface area contributed by atoms with Gasteiger partial charge in [-0.15, -0.1) is 0 Å². The van der Waals surface area contributed by atoms with Gasteiger partial charge in [0.25, 0.3) is 0 Å². The lowest BCUT2D eigenvalue weighted by atomic mass is 10.1. The second kappa shape index (κ2) is 4.70. The number of hydrogen-bond acceptors (Lipinski definition) is 4. The normalized spacial score (nSPS) is 11.6. The Morgan fingerprint density at radius 1 is 1.32 bits per heavy atom. The average Bonchev–Trinajstić information content (AvgIpc) is 2.86. The number of nitrogens with zero attached hydrogens (tertiary/aromatic N) is 4. The van der Waals surface area contributed by atoms with Crippen molar-refractivity contribution in [2.75, 3.05) is 0 Å². The van der Waals surface area contributed by atoms with E-state index in [0.29, 0.717) is 11.6 Å². The third-order valence-corrected chi connectivity index (χ3v) is 3.60. The Kier molecular flexibility index (Phi) is 3.02. The van der Waals surface area contributed by atoms with Crippen molar-refractivity contribution < 1.29 is 4.39 Å². The molecule has 0 saturated heterocycles. The van der Waals surface area contributed by atoms with E-state index in [1.54, 1.807) is 21.9 Å². The van der Waals surface area contributed by atoms with E-state index in [1.165, 1.54) is 12.3 Å². The maximum absolute atomic E-state index is 12.8. The Hall–Kier alpha value is -1.82. The summed E-state index contributed by atoms with van der Waals surface area (Å²) < 4.78 is 14.6. The molecule has 3 rings (SSSR count). The maximum atomic E-state index is 12.8. The van der Waals surface area contributed by atoms with Crippen molar-refractivity contribution >= 4 is 16.3 Å². The van der Waals surface area contributed by atoms with Gasteiger partial charge in [-0.1, -0.05) is 25.2 Å². The van der Waals surface area contributed by atoms with Gasteiger partial charge >= 0.3 is 0 Å². The molecule has 0 atom stereocenters. The zero-order chi connectivity index (χ0) is 13.4. The SMILES string of the molecule is CC(C)Cc1nn2cc(-c3ccc(F)cn3)nc2s1. The van der Waals surface area contributed by atoms with Crippen LogP contribution in [0.1, 0.15) is 18.9 Å². The molecule has 4 nitrogen and oxygen atoms in total. The van der Waals surface area contributed by atoms with Gasteiger partial charge in [-0.05, 0) is 18.1 Å². The topological polar surface area (TPSA) is 43.1 Å². The first-order valence-corrected chi connectivity index (χ1v) is 6.90. The molecule has 0 unspecified atom stereocenters. The van der Waals surface area contributed by atoms with Gasteiger partial charge in [-0.3, -0.25) is 4.98 Å². The summed E-state index contributed by atoms with van der Waals surface area (Å²) >= 11 is 1.58. The minimum absolute atomic E-state index is 0.345. The molecule has 3 aromatic rings. The van der Waals surface area contributed by atoms with Gasteiger partial charge in [0.15, 0.2) is 0 Å². The lowest BCUT2D eigenvalue weighted by Gasteiger charge is -1.97. The fourth-order valence-corrected chi connectivity index (χ4v) is 2.91. The van der Waals surface area contributed by atoms with Gasteiger partial charge in [0, 0.05) is 6.42 Å². The monoisotopic (exact) mass is 276 g/mol. The first-order valence-electron chi connectivity index (χ1n) is 6.09. The molecule has 0 aliphatic carbocycles. The van der Waals surface area contributed by atoms with Crippen molar-refractivity contribution in [2.45, 2.75) is 20.3 Å². The molecule has 0 amide bonds. The molecular formula is C13H13FN4S. The first kappa shape index (κ1) is 12.2. The Labute approximate surface area is 113 Å². The minimum atomic E-state index is -0.345. The Bertz CT molecular complexity index is 668. The number of imidazole rings is 1. The van der Waals surface area contributed by atoms with Gasteiger partial charge in [0.05, 0.1) is 18.1 Å². The summed E-state index contributed by atoms with van der Waals surface area (Å²) in [5.74, 6) is 0.233. The standard InChI is InChI=1S/C13H13FN4S/c1-8(2)5-12-17-18-7-11(16-13(18)19-12)10-4-3-9(14)6-15-10/h3-4,6-8H,5H2,1-2H3. The third-order valence-electron chi connectivity index (χ3n) is 2.66. The van der Waals surface area contributed by atoms with E-state index in [0.717, 1.165) is 22.1 Å². The van der Waals surface area contributed by atoms with Crippen LogP contribution >= 0.6 is 11.3 Å². The van der Waals surface area contributed by atoms with Gasteiger partial charge in [-0.25, -0.2) is 13.9 Å². The van der Waals surface area contributed by atoms with E-state index in [9.17, 15) is 4.39 Å². The van der Waals surface area contributed by atoms with Crippen molar-refractivity contribution in [3.05, 3.63) is 35.4 Å². The van der Waals surface area contributed by atoms with E-state index in [2.05, 4.69) is 28.9 Å². The number of pyridine rings is 1. The Balaban J connectivity index is 1.94. The molecule has 0 bridgehead atoms. The minimum Gasteiger partial charge on any atom is -0.251 e. The molecular weight excluding hydrogens is 263 g/mol. The quantitative estimate of drug-likeness (QED) is 0.738. The number of fused-ring (bicyclic) bond motifs is 1. The molecule has 6 heteroatoms. The lowest BCUT2D eigenvalue weighted by Crippen LogP contribution is -1.94. The summed E-state index contributed by atoms with van der Waals surface area (Å²) in [5, 5.41) is 5.57. The van der Waals surface area contributed by atoms with Crippen LogP contribution in [0, 0.1) is 11.7 Å². The summed E-state index contributed by atoms with van der Waals surface area (Å²) in [6, 6.07) is 3.00. The van der Waals surface area contributed by atoms with Crippen LogP contribution in [-0.4, -0.2) is 19.6 Å². The molecule has 0 radical (unpaired) electrons. The maximum Gasteiger partial charge on any atom is 0.212 e. The summed E-state index contributed by atoms with van der Waals surface area (Å²) in [6.07, 6.45) is 3.98. The third kappa shape index (κ3) is 2.49. The summed E-state index contributed by atoms with van der Waals surface area (Å²) in [5.41, 5.74) is 1.37. The Morgan fingerprint density at radius 3 is 2.79 bits per heavy atom. The smallest absolute Gasteiger partial charge is 0.212 e. The number of hydrogen-bond donors (Lipinski definition) is 0. The van der Waals surface area contributed by atoms with Crippen LogP contribution in [0.4, 0.5) is 4.39 Å². The molecule has 98 valence electrons. The van der Waals surface area contributed by atoms with Crippen LogP contribution < -0.4 is 0 Å². The average molecular weight is 276 g/mol. The predicted molar refractivity (Wildman–Crippen MR) is 72.6 cm³/mol. The first-order chi connectivity index (χ1) is 9.11. The highest BCUT2D eigenvalue weighted by molar-refractivity contribution is 7.16. The number of rotatable bonds is 3. The summed E-state index contributed by atoms with van der Waals surface area (Å²) in [6.45, 7) is 4.33. The zero-order valence-electron chi connectivity index (χ0n) is 10.7. The molecule has 0 N–H and O–H groups in total. The van der Waals surface area contributed by atoms with Crippen LogP contribution in [0.25, 0.3) is 16.3 Å². The van der Waals surface area contributed by atoms with E-state index >= 15 is 0 Å². The fourth-order valence-electron chi connectivity index (χ4n) is 1.82. The number of halogens is 1. The van der Waals surface area contributed by atoms with E-state index < -0.39 is 0 Å². The van der Waals surface area contributed by atoms with Crippen molar-refractivity contribution in [2.24, 2.45) is 5.92 Å². The summed E-state index contributed by atoms with van der Waals surface area (Å²) in [7, 11) is 0. The Morgan fingerprint density at radius 2 is 2.16 bits per heavy atom. The second-order valence-electron chi connectivity index (χ2n) is 4.81. The molecule has 0 aliphatic rings. The van der Waals surface area contributed by atoms with Gasteiger partial charge in [0.2, 0.25) is 4.96 Å². The molecule has 19 heavy (non-hydrogen) atoms. The predicted octanol–water partition coefficient (Wildman–Crippen LogP) is 3.19. The second-order valence-corrected chi connectivity index (χ2v) is 5.85. The fraction of sp³-hybridized carbons (Fsp3) is 0.308. The molecule has 0 saturated carbocycles. The summed E-state index contributed by atoms with van der Waals surface area (Å²) in [4.78, 5) is 9.34. The van der Waals surface area contributed by atoms with Gasteiger partial charge in [0.1, 0.15) is 16.5 Å². The molecule has 3 heterocycles. The van der Waals surface area contributed by atoms with Gasteiger partial charge < -0.3 is 0 Å². The zero-order valence-corrected chi connectivity index (χ0v) is 11.5. The molecule has 0 spiro atoms. The molecule has 3 aromatic heterocycles. The van der Waals surface area contributed by atoms with Crippen LogP contribution in [0.15, 0.2) is 24.5 Å². The lowest BCUT2D eigenvalue weighted by molar-refractivity contribution is 0.622. The van der Waals surface area contributed by atoms with Crippen molar-refractivity contribution in [1.29, 1.82) is 0 Å². The molecule has 0 aliphatic heterocycles. The highest BCUT2D eigenvalue weighted by Gasteiger charge is 2.11. The highest BCUT2D eigenvalue weighted by atomic mass is 32.1. The van der Waals surface area contributed by atoms with E-state index in [4.69, 9.17) is 0 Å². The molecule has 0 fully saturated rings. The van der Waals surface area contributed by atoms with Crippen LogP contribution in [0.3, 0.4) is 0 Å². The van der Waals surface area contributed by atoms with E-state index in [-0.39, 0.29) is 5.82 Å². The van der Waals surface area contributed by atoms with Crippen LogP contribution in [0.5, 0.6) is 0 Å². The van der Waals surface area contributed by atoms with Crippen molar-refractivity contribution in [1.82, 2.24) is 19.6 Å².